The number of anilines is 2. The number of benzene rings is 2. The van der Waals surface area contributed by atoms with Gasteiger partial charge in [-0.05, 0) is 86.6 Å². The van der Waals surface area contributed by atoms with Gasteiger partial charge in [0.1, 0.15) is 12.4 Å². The molecule has 2 aliphatic heterocycles. The Morgan fingerprint density at radius 1 is 1.11 bits per heavy atom. The molecule has 3 aromatic rings. The molecule has 5 rings (SSSR count). The number of halogens is 1. The first kappa shape index (κ1) is 26.5. The molecule has 1 saturated heterocycles. The van der Waals surface area contributed by atoms with Gasteiger partial charge >= 0.3 is 0 Å². The van der Waals surface area contributed by atoms with E-state index in [4.69, 9.17) is 33.3 Å². The summed E-state index contributed by atoms with van der Waals surface area (Å²) in [6.45, 7) is 7.57. The molecule has 0 bridgehead atoms. The third-order valence-corrected chi connectivity index (χ3v) is 8.03. The van der Waals surface area contributed by atoms with Crippen molar-refractivity contribution in [3.05, 3.63) is 88.7 Å². The Balaban J connectivity index is 1.58. The fraction of sp³-hybridized carbons (Fsp3) is 0.333. The lowest BCUT2D eigenvalue weighted by molar-refractivity contribution is 0.146. The third kappa shape index (κ3) is 4.86. The first-order valence-electron chi connectivity index (χ1n) is 12.7. The van der Waals surface area contributed by atoms with Crippen LogP contribution in [0.1, 0.15) is 49.7 Å². The molecule has 2 atom stereocenters. The zero-order chi connectivity index (χ0) is 27.0. The number of ether oxygens (including phenoxy) is 2. The fourth-order valence-electron chi connectivity index (χ4n) is 5.32. The maximum absolute atomic E-state index is 6.66. The number of allylic oxidation sites excluding steroid dienone is 1. The van der Waals surface area contributed by atoms with Crippen LogP contribution in [-0.2, 0) is 4.74 Å². The maximum Gasteiger partial charge on any atom is 0.174 e. The number of pyridine rings is 1. The van der Waals surface area contributed by atoms with E-state index in [1.54, 1.807) is 7.11 Å². The Morgan fingerprint density at radius 2 is 1.92 bits per heavy atom. The summed E-state index contributed by atoms with van der Waals surface area (Å²) in [4.78, 5) is 9.14. The molecule has 8 heteroatoms. The topological polar surface area (TPSA) is 49.9 Å². The molecule has 2 aliphatic rings. The number of rotatable bonds is 7. The molecule has 0 amide bonds. The van der Waals surface area contributed by atoms with Crippen molar-refractivity contribution >= 4 is 45.9 Å². The van der Waals surface area contributed by atoms with Crippen LogP contribution < -0.4 is 19.9 Å². The zero-order valence-electron chi connectivity index (χ0n) is 22.4. The molecule has 1 N–H and O–H groups in total. The lowest BCUT2D eigenvalue weighted by atomic mass is 9.86. The van der Waals surface area contributed by atoms with Gasteiger partial charge in [0.05, 0.1) is 34.9 Å². The van der Waals surface area contributed by atoms with Crippen LogP contribution in [0.2, 0.25) is 5.02 Å². The Morgan fingerprint density at radius 3 is 2.63 bits per heavy atom. The minimum Gasteiger partial charge on any atom is -0.490 e. The molecule has 38 heavy (non-hydrogen) atoms. The van der Waals surface area contributed by atoms with Crippen LogP contribution in [0.25, 0.3) is 5.57 Å². The Labute approximate surface area is 235 Å². The predicted molar refractivity (Wildman–Crippen MR) is 159 cm³/mol. The number of nitrogens with one attached hydrogen (secondary N) is 1. The lowest BCUT2D eigenvalue weighted by Crippen LogP contribution is -2.42. The normalized spacial score (nSPS) is 20.2. The van der Waals surface area contributed by atoms with Gasteiger partial charge in [0.25, 0.3) is 0 Å². The van der Waals surface area contributed by atoms with E-state index in [2.05, 4.69) is 72.2 Å². The largest absolute Gasteiger partial charge is 0.490 e. The van der Waals surface area contributed by atoms with Crippen LogP contribution in [0.4, 0.5) is 11.4 Å². The van der Waals surface area contributed by atoms with Crippen molar-refractivity contribution in [2.75, 3.05) is 37.2 Å². The number of hydrogen-bond donors (Lipinski definition) is 1. The van der Waals surface area contributed by atoms with E-state index in [0.29, 0.717) is 29.1 Å². The van der Waals surface area contributed by atoms with Crippen molar-refractivity contribution in [1.82, 2.24) is 10.3 Å². The summed E-state index contributed by atoms with van der Waals surface area (Å²) in [6, 6.07) is 18.2. The summed E-state index contributed by atoms with van der Waals surface area (Å²) >= 11 is 12.6. The fourth-order valence-corrected chi connectivity index (χ4v) is 5.90. The highest BCUT2D eigenvalue weighted by atomic mass is 35.5. The third-order valence-electron chi connectivity index (χ3n) is 7.42. The minimum atomic E-state index is -0.139. The molecule has 0 aliphatic carbocycles. The van der Waals surface area contributed by atoms with Crippen molar-refractivity contribution < 1.29 is 9.47 Å². The van der Waals surface area contributed by atoms with Crippen LogP contribution in [0, 0.1) is 0 Å². The maximum atomic E-state index is 6.66. The van der Waals surface area contributed by atoms with Gasteiger partial charge < -0.3 is 24.6 Å². The quantitative estimate of drug-likeness (QED) is 0.265. The predicted octanol–water partition coefficient (Wildman–Crippen LogP) is 6.57. The van der Waals surface area contributed by atoms with Gasteiger partial charge in [-0.1, -0.05) is 29.8 Å². The Hall–Kier alpha value is -3.13. The molecule has 6 nitrogen and oxygen atoms in total. The number of hydrogen-bond acceptors (Lipinski definition) is 5. The smallest absolute Gasteiger partial charge is 0.174 e. The van der Waals surface area contributed by atoms with Crippen LogP contribution in [0.3, 0.4) is 0 Å². The highest BCUT2D eigenvalue weighted by molar-refractivity contribution is 7.80. The summed E-state index contributed by atoms with van der Waals surface area (Å²) in [6.07, 6.45) is 4.15. The van der Waals surface area contributed by atoms with Gasteiger partial charge in [-0.3, -0.25) is 4.98 Å². The average Bonchev–Trinajstić information content (AvgIpc) is 3.25. The van der Waals surface area contributed by atoms with Crippen LogP contribution in [0.15, 0.2) is 66.9 Å². The van der Waals surface area contributed by atoms with Crippen LogP contribution >= 0.6 is 23.8 Å². The zero-order valence-corrected chi connectivity index (χ0v) is 23.9. The number of likely N-dealkylation sites (N-methyl/N-ethyl adjacent to an activating group) is 1. The number of thiocarbonyl (C=S) groups is 1. The van der Waals surface area contributed by atoms with E-state index in [1.807, 2.05) is 42.6 Å². The number of fused-ring (bicyclic) bond motifs is 1. The molecule has 2 aromatic carbocycles. The average molecular weight is 549 g/mol. The Kier molecular flexibility index (Phi) is 7.36. The number of methoxy groups -OCH3 is 1. The summed E-state index contributed by atoms with van der Waals surface area (Å²) in [5.41, 5.74) is 6.61. The summed E-state index contributed by atoms with van der Waals surface area (Å²) in [5.74, 6) is 0.614. The second-order valence-electron chi connectivity index (χ2n) is 10.3. The van der Waals surface area contributed by atoms with Gasteiger partial charge in [0.2, 0.25) is 0 Å². The monoisotopic (exact) mass is 548 g/mol. The first-order valence-corrected chi connectivity index (χ1v) is 13.5. The highest BCUT2D eigenvalue weighted by Gasteiger charge is 2.41. The van der Waals surface area contributed by atoms with Crippen molar-refractivity contribution in [2.24, 2.45) is 0 Å². The van der Waals surface area contributed by atoms with Gasteiger partial charge in [0, 0.05) is 37.3 Å². The van der Waals surface area contributed by atoms with Gasteiger partial charge in [-0.25, -0.2) is 0 Å². The van der Waals surface area contributed by atoms with Crippen molar-refractivity contribution in [2.45, 2.75) is 38.4 Å². The molecule has 0 spiro atoms. The highest BCUT2D eigenvalue weighted by Crippen LogP contribution is 2.46. The lowest BCUT2D eigenvalue weighted by Gasteiger charge is -2.41. The van der Waals surface area contributed by atoms with E-state index in [-0.39, 0.29) is 17.6 Å². The van der Waals surface area contributed by atoms with Gasteiger partial charge in [0.15, 0.2) is 5.11 Å². The molecule has 3 heterocycles. The van der Waals surface area contributed by atoms with E-state index >= 15 is 0 Å². The summed E-state index contributed by atoms with van der Waals surface area (Å²) in [5, 5.41) is 4.68. The van der Waals surface area contributed by atoms with Crippen LogP contribution in [0.5, 0.6) is 5.75 Å². The minimum absolute atomic E-state index is 0.0541. The second-order valence-corrected chi connectivity index (χ2v) is 11.1. The van der Waals surface area contributed by atoms with Gasteiger partial charge in [-0.15, -0.1) is 0 Å². The van der Waals surface area contributed by atoms with E-state index in [1.165, 1.54) is 16.8 Å². The molecule has 1 fully saturated rings. The molecule has 0 saturated carbocycles. The van der Waals surface area contributed by atoms with Crippen LogP contribution in [-0.4, -0.2) is 43.0 Å². The van der Waals surface area contributed by atoms with E-state index in [9.17, 15) is 0 Å². The van der Waals surface area contributed by atoms with Gasteiger partial charge in [-0.2, -0.15) is 0 Å². The standard InChI is InChI=1S/C30H33ClN4O2S/c1-19-18-30(2,3)34(4)25-11-9-20(16-22(19)25)28-27(24-8-6-7-13-32-24)33-29(38)35(28)21-10-12-26(23(31)17-21)37-15-14-36-5/h6-13,16-18,27-28H,14-15H2,1-5H3,(H,33,38)/t27-,28+/m1/s1. The number of aromatic nitrogens is 1. The molecule has 0 unspecified atom stereocenters. The Bertz CT molecular complexity index is 1380. The SMILES string of the molecule is COCCOc1ccc(N2C(=S)N[C@H](c3ccccn3)[C@@H]2c2ccc3c(c2)C(C)=CC(C)(C)N3C)cc1Cl. The number of nitrogens with zero attached hydrogens (tertiary/aromatic N) is 3. The molecule has 1 aromatic heterocycles. The molecular formula is C30H33ClN4O2S. The van der Waals surface area contributed by atoms with E-state index < -0.39 is 0 Å². The molecule has 198 valence electrons. The van der Waals surface area contributed by atoms with Crippen molar-refractivity contribution in [1.29, 1.82) is 0 Å². The first-order chi connectivity index (χ1) is 18.2. The summed E-state index contributed by atoms with van der Waals surface area (Å²) in [7, 11) is 3.79. The molecular weight excluding hydrogens is 516 g/mol. The molecule has 0 radical (unpaired) electrons. The van der Waals surface area contributed by atoms with E-state index in [0.717, 1.165) is 16.9 Å². The van der Waals surface area contributed by atoms with Crippen molar-refractivity contribution in [3.8, 4) is 5.75 Å². The second kappa shape index (κ2) is 10.6. The van der Waals surface area contributed by atoms with Crippen molar-refractivity contribution in [3.63, 3.8) is 0 Å². The summed E-state index contributed by atoms with van der Waals surface area (Å²) < 4.78 is 10.9.